The van der Waals surface area contributed by atoms with Gasteiger partial charge in [0.05, 0.1) is 5.75 Å². The summed E-state index contributed by atoms with van der Waals surface area (Å²) in [5, 5.41) is 0. The van der Waals surface area contributed by atoms with Gasteiger partial charge in [-0.05, 0) is 73.6 Å². The first kappa shape index (κ1) is 14.4. The predicted octanol–water partition coefficient (Wildman–Crippen LogP) is 4.77. The Bertz CT molecular complexity index is 688. The van der Waals surface area contributed by atoms with E-state index in [1.807, 2.05) is 18.2 Å². The highest BCUT2D eigenvalue weighted by atomic mass is 32.2. The van der Waals surface area contributed by atoms with E-state index in [-0.39, 0.29) is 5.78 Å². The molecule has 0 atom stereocenters. The van der Waals surface area contributed by atoms with Crippen molar-refractivity contribution in [2.75, 3.05) is 5.75 Å². The predicted molar refractivity (Wildman–Crippen MR) is 89.4 cm³/mol. The Morgan fingerprint density at radius 3 is 2.62 bits per heavy atom. The Hall–Kier alpha value is -1.54. The zero-order chi connectivity index (χ0) is 14.8. The van der Waals surface area contributed by atoms with E-state index in [2.05, 4.69) is 32.0 Å². The van der Waals surface area contributed by atoms with Crippen LogP contribution < -0.4 is 0 Å². The molecular weight excluding hydrogens is 276 g/mol. The maximum absolute atomic E-state index is 12.3. The van der Waals surface area contributed by atoms with Crippen LogP contribution >= 0.6 is 11.8 Å². The van der Waals surface area contributed by atoms with Crippen LogP contribution in [0.15, 0.2) is 41.3 Å². The molecule has 0 saturated heterocycles. The molecule has 2 aromatic rings. The van der Waals surface area contributed by atoms with Crippen LogP contribution in [0.4, 0.5) is 0 Å². The quantitative estimate of drug-likeness (QED) is 0.597. The van der Waals surface area contributed by atoms with Crippen LogP contribution in [0.2, 0.25) is 0 Å². The molecule has 0 bridgehead atoms. The standard InChI is InChI=1S/C19H20OS/c1-13-6-7-17(10-14(13)2)19(20)12-21-18-9-8-15-4-3-5-16(15)11-18/h6-11H,3-5,12H2,1-2H3. The fourth-order valence-corrected chi connectivity index (χ4v) is 3.64. The largest absolute Gasteiger partial charge is 0.293 e. The molecule has 1 aliphatic carbocycles. The Morgan fingerprint density at radius 2 is 1.81 bits per heavy atom. The molecule has 0 radical (unpaired) electrons. The Morgan fingerprint density at radius 1 is 1.00 bits per heavy atom. The molecule has 0 N–H and O–H groups in total. The number of ketones is 1. The van der Waals surface area contributed by atoms with Gasteiger partial charge >= 0.3 is 0 Å². The van der Waals surface area contributed by atoms with E-state index in [0.717, 1.165) is 5.56 Å². The fraction of sp³-hybridized carbons (Fsp3) is 0.316. The molecule has 108 valence electrons. The molecule has 2 aromatic carbocycles. The average molecular weight is 296 g/mol. The minimum absolute atomic E-state index is 0.212. The summed E-state index contributed by atoms with van der Waals surface area (Å²) >= 11 is 1.65. The van der Waals surface area contributed by atoms with E-state index in [1.165, 1.54) is 46.4 Å². The Balaban J connectivity index is 1.67. The summed E-state index contributed by atoms with van der Waals surface area (Å²) in [5.41, 5.74) is 6.20. The topological polar surface area (TPSA) is 17.1 Å². The highest BCUT2D eigenvalue weighted by Crippen LogP contribution is 2.28. The van der Waals surface area contributed by atoms with Crippen molar-refractivity contribution in [3.05, 3.63) is 64.2 Å². The second-order valence-corrected chi connectivity index (χ2v) is 6.84. The van der Waals surface area contributed by atoms with Crippen molar-refractivity contribution in [3.8, 4) is 0 Å². The first-order valence-corrected chi connectivity index (χ1v) is 8.47. The molecule has 0 saturated carbocycles. The molecule has 21 heavy (non-hydrogen) atoms. The van der Waals surface area contributed by atoms with Crippen molar-refractivity contribution < 1.29 is 4.79 Å². The molecule has 1 aliphatic rings. The SMILES string of the molecule is Cc1ccc(C(=O)CSc2ccc3c(c2)CCC3)cc1C. The van der Waals surface area contributed by atoms with E-state index in [4.69, 9.17) is 0 Å². The molecule has 0 fully saturated rings. The van der Waals surface area contributed by atoms with Gasteiger partial charge in [-0.3, -0.25) is 4.79 Å². The molecule has 0 amide bonds. The van der Waals surface area contributed by atoms with Crippen molar-refractivity contribution in [3.63, 3.8) is 0 Å². The normalized spacial score (nSPS) is 13.2. The van der Waals surface area contributed by atoms with Gasteiger partial charge in [-0.15, -0.1) is 11.8 Å². The first-order chi connectivity index (χ1) is 10.1. The molecule has 0 aliphatic heterocycles. The van der Waals surface area contributed by atoms with Gasteiger partial charge in [0.1, 0.15) is 0 Å². The van der Waals surface area contributed by atoms with Crippen molar-refractivity contribution in [2.24, 2.45) is 0 Å². The molecule has 0 unspecified atom stereocenters. The summed E-state index contributed by atoms with van der Waals surface area (Å²) in [6.45, 7) is 4.13. The van der Waals surface area contributed by atoms with Crippen molar-refractivity contribution in [1.29, 1.82) is 0 Å². The van der Waals surface area contributed by atoms with Crippen LogP contribution in [0.5, 0.6) is 0 Å². The summed E-state index contributed by atoms with van der Waals surface area (Å²) in [4.78, 5) is 13.5. The van der Waals surface area contributed by atoms with Crippen molar-refractivity contribution >= 4 is 17.5 Å². The maximum Gasteiger partial charge on any atom is 0.173 e. The molecule has 3 rings (SSSR count). The molecule has 0 spiro atoms. The lowest BCUT2D eigenvalue weighted by Crippen LogP contribution is -2.03. The summed E-state index contributed by atoms with van der Waals surface area (Å²) in [7, 11) is 0. The second-order valence-electron chi connectivity index (χ2n) is 5.79. The second kappa shape index (κ2) is 6.07. The average Bonchev–Trinajstić information content (AvgIpc) is 2.95. The lowest BCUT2D eigenvalue weighted by atomic mass is 10.0. The third-order valence-electron chi connectivity index (χ3n) is 4.27. The first-order valence-electron chi connectivity index (χ1n) is 7.48. The lowest BCUT2D eigenvalue weighted by Gasteiger charge is -2.06. The number of carbonyl (C=O) groups is 1. The number of aryl methyl sites for hydroxylation is 4. The number of thioether (sulfide) groups is 1. The Labute approximate surface area is 130 Å². The van der Waals surface area contributed by atoms with Gasteiger partial charge in [0.2, 0.25) is 0 Å². The van der Waals surface area contributed by atoms with E-state index in [0.29, 0.717) is 5.75 Å². The van der Waals surface area contributed by atoms with Crippen molar-refractivity contribution in [1.82, 2.24) is 0 Å². The van der Waals surface area contributed by atoms with Gasteiger partial charge in [-0.1, -0.05) is 18.2 Å². The molecule has 2 heteroatoms. The van der Waals surface area contributed by atoms with Gasteiger partial charge in [0.15, 0.2) is 5.78 Å². The number of rotatable bonds is 4. The third kappa shape index (κ3) is 3.21. The van der Waals surface area contributed by atoms with E-state index in [1.54, 1.807) is 11.8 Å². The van der Waals surface area contributed by atoms with Crippen LogP contribution in [0, 0.1) is 13.8 Å². The highest BCUT2D eigenvalue weighted by molar-refractivity contribution is 8.00. The third-order valence-corrected chi connectivity index (χ3v) is 5.26. The van der Waals surface area contributed by atoms with Gasteiger partial charge in [-0.25, -0.2) is 0 Å². The maximum atomic E-state index is 12.3. The number of carbonyl (C=O) groups excluding carboxylic acids is 1. The number of benzene rings is 2. The summed E-state index contributed by atoms with van der Waals surface area (Å²) < 4.78 is 0. The molecular formula is C19H20OS. The number of hydrogen-bond acceptors (Lipinski definition) is 2. The zero-order valence-corrected chi connectivity index (χ0v) is 13.4. The summed E-state index contributed by atoms with van der Waals surface area (Å²) in [5.74, 6) is 0.727. The van der Waals surface area contributed by atoms with Crippen LogP contribution in [-0.4, -0.2) is 11.5 Å². The monoisotopic (exact) mass is 296 g/mol. The number of hydrogen-bond donors (Lipinski definition) is 0. The molecule has 0 aromatic heterocycles. The fourth-order valence-electron chi connectivity index (χ4n) is 2.79. The van der Waals surface area contributed by atoms with Crippen LogP contribution in [0.1, 0.15) is 39.0 Å². The van der Waals surface area contributed by atoms with Crippen LogP contribution in [0.25, 0.3) is 0 Å². The summed E-state index contributed by atoms with van der Waals surface area (Å²) in [6, 6.07) is 12.6. The zero-order valence-electron chi connectivity index (χ0n) is 12.6. The number of fused-ring (bicyclic) bond motifs is 1. The smallest absolute Gasteiger partial charge is 0.173 e. The Kier molecular flexibility index (Phi) is 4.16. The van der Waals surface area contributed by atoms with E-state index >= 15 is 0 Å². The van der Waals surface area contributed by atoms with Gasteiger partial charge in [-0.2, -0.15) is 0 Å². The van der Waals surface area contributed by atoms with Gasteiger partial charge in [0.25, 0.3) is 0 Å². The van der Waals surface area contributed by atoms with E-state index in [9.17, 15) is 4.79 Å². The molecule has 0 heterocycles. The van der Waals surface area contributed by atoms with Crippen molar-refractivity contribution in [2.45, 2.75) is 38.0 Å². The minimum Gasteiger partial charge on any atom is -0.293 e. The highest BCUT2D eigenvalue weighted by Gasteiger charge is 2.12. The minimum atomic E-state index is 0.212. The summed E-state index contributed by atoms with van der Waals surface area (Å²) in [6.07, 6.45) is 3.67. The lowest BCUT2D eigenvalue weighted by molar-refractivity contribution is 0.102. The van der Waals surface area contributed by atoms with Crippen LogP contribution in [0.3, 0.4) is 0 Å². The number of Topliss-reactive ketones (excluding diaryl/α,β-unsaturated/α-hetero) is 1. The van der Waals surface area contributed by atoms with E-state index < -0.39 is 0 Å². The molecule has 1 nitrogen and oxygen atoms in total. The van der Waals surface area contributed by atoms with Gasteiger partial charge < -0.3 is 0 Å². The van der Waals surface area contributed by atoms with Gasteiger partial charge in [0, 0.05) is 10.5 Å². The van der Waals surface area contributed by atoms with Crippen LogP contribution in [-0.2, 0) is 12.8 Å².